The molecule has 44 heavy (non-hydrogen) atoms. The molecule has 0 fully saturated rings. The van der Waals surface area contributed by atoms with E-state index in [4.69, 9.17) is 14.2 Å². The van der Waals surface area contributed by atoms with Gasteiger partial charge in [-0.25, -0.2) is 9.59 Å². The van der Waals surface area contributed by atoms with E-state index >= 15 is 0 Å². The summed E-state index contributed by atoms with van der Waals surface area (Å²) in [6.07, 6.45) is -0.0787. The van der Waals surface area contributed by atoms with Crippen LogP contribution in [-0.4, -0.2) is 47.8 Å². The number of nitrogens with one attached hydrogen (secondary N) is 2. The Bertz CT molecular complexity index is 1320. The summed E-state index contributed by atoms with van der Waals surface area (Å²) in [5.41, 5.74) is 0.476. The van der Waals surface area contributed by atoms with Crippen LogP contribution in [0.5, 0.6) is 5.75 Å². The molecule has 2 aromatic carbocycles. The summed E-state index contributed by atoms with van der Waals surface area (Å²) in [6.45, 7) is 2.75. The third kappa shape index (κ3) is 12.6. The van der Waals surface area contributed by atoms with Crippen molar-refractivity contribution in [2.75, 3.05) is 6.54 Å². The van der Waals surface area contributed by atoms with Gasteiger partial charge in [0.15, 0.2) is 0 Å². The Morgan fingerprint density at radius 1 is 0.909 bits per heavy atom. The summed E-state index contributed by atoms with van der Waals surface area (Å²) in [7, 11) is 0. The molecule has 0 spiro atoms. The van der Waals surface area contributed by atoms with Crippen molar-refractivity contribution < 1.29 is 37.4 Å². The van der Waals surface area contributed by atoms with Gasteiger partial charge in [-0.05, 0) is 63.1 Å². The quantitative estimate of drug-likeness (QED) is 0.177. The highest BCUT2D eigenvalue weighted by Gasteiger charge is 2.29. The van der Waals surface area contributed by atoms with Crippen LogP contribution in [0.15, 0.2) is 72.1 Å². The number of alkyl carbamates (subject to hydrolysis) is 2. The second-order valence-electron chi connectivity index (χ2n) is 10.9. The molecular formula is C32H39F2N3O6S. The molecule has 1 heterocycles. The molecule has 3 amide bonds. The molecular weight excluding hydrogens is 592 g/mol. The number of alkyl halides is 2. The van der Waals surface area contributed by atoms with Crippen LogP contribution in [-0.2, 0) is 34.0 Å². The van der Waals surface area contributed by atoms with Crippen molar-refractivity contribution in [1.29, 1.82) is 0 Å². The predicted molar refractivity (Wildman–Crippen MR) is 163 cm³/mol. The number of halogens is 2. The minimum Gasteiger partial charge on any atom is -0.445 e. The number of carbonyl (C=O) groups is 3. The summed E-state index contributed by atoms with van der Waals surface area (Å²) in [4.78, 5) is 41.2. The Morgan fingerprint density at radius 2 is 1.64 bits per heavy atom. The Morgan fingerprint density at radius 3 is 2.32 bits per heavy atom. The van der Waals surface area contributed by atoms with Gasteiger partial charge in [0, 0.05) is 23.5 Å². The van der Waals surface area contributed by atoms with Crippen molar-refractivity contribution in [1.82, 2.24) is 15.5 Å². The van der Waals surface area contributed by atoms with Gasteiger partial charge in [-0.15, -0.1) is 11.3 Å². The van der Waals surface area contributed by atoms with Gasteiger partial charge in [-0.3, -0.25) is 4.79 Å². The Hall–Kier alpha value is -4.19. The van der Waals surface area contributed by atoms with Crippen LogP contribution < -0.4 is 15.4 Å². The molecule has 12 heteroatoms. The number of nitrogens with zero attached hydrogens (tertiary/aromatic N) is 1. The predicted octanol–water partition coefficient (Wildman–Crippen LogP) is 6.87. The van der Waals surface area contributed by atoms with Crippen LogP contribution in [0.2, 0.25) is 0 Å². The number of hydrogen-bond donors (Lipinski definition) is 2. The monoisotopic (exact) mass is 631 g/mol. The first-order valence-corrected chi connectivity index (χ1v) is 15.2. The lowest BCUT2D eigenvalue weighted by Crippen LogP contribution is -2.49. The van der Waals surface area contributed by atoms with Gasteiger partial charge in [0.05, 0.1) is 6.54 Å². The van der Waals surface area contributed by atoms with Crippen molar-refractivity contribution >= 4 is 29.4 Å². The van der Waals surface area contributed by atoms with Gasteiger partial charge < -0.3 is 29.7 Å². The third-order valence-electron chi connectivity index (χ3n) is 6.18. The van der Waals surface area contributed by atoms with Crippen molar-refractivity contribution in [2.24, 2.45) is 0 Å². The van der Waals surface area contributed by atoms with E-state index in [0.29, 0.717) is 24.9 Å². The average Bonchev–Trinajstić information content (AvgIpc) is 3.48. The molecule has 1 aromatic heterocycles. The minimum atomic E-state index is -3.02. The number of thiophene rings is 1. The van der Waals surface area contributed by atoms with E-state index < -0.39 is 36.3 Å². The number of ether oxygens (including phenoxy) is 3. The fraction of sp³-hybridized carbons (Fsp3) is 0.406. The molecule has 0 aliphatic carbocycles. The fourth-order valence-corrected chi connectivity index (χ4v) is 4.94. The maximum absolute atomic E-state index is 14.0. The lowest BCUT2D eigenvalue weighted by atomic mass is 10.1. The highest BCUT2D eigenvalue weighted by Crippen LogP contribution is 2.24. The first kappa shape index (κ1) is 34.3. The third-order valence-corrected chi connectivity index (χ3v) is 7.04. The minimum absolute atomic E-state index is 0.0268. The number of hydrogen-bond acceptors (Lipinski definition) is 7. The van der Waals surface area contributed by atoms with Crippen LogP contribution in [0.4, 0.5) is 18.4 Å². The maximum atomic E-state index is 14.0. The van der Waals surface area contributed by atoms with E-state index in [1.807, 2.05) is 47.8 Å². The fourth-order valence-electron chi connectivity index (χ4n) is 4.22. The zero-order valence-corrected chi connectivity index (χ0v) is 25.9. The number of unbranched alkanes of at least 4 members (excludes halogenated alkanes) is 1. The van der Waals surface area contributed by atoms with E-state index in [1.54, 1.807) is 39.0 Å². The number of para-hydroxylation sites is 1. The summed E-state index contributed by atoms with van der Waals surface area (Å²) < 4.78 is 41.5. The first-order chi connectivity index (χ1) is 21.0. The molecule has 3 rings (SSSR count). The molecule has 0 radical (unpaired) electrons. The first-order valence-electron chi connectivity index (χ1n) is 14.3. The van der Waals surface area contributed by atoms with Crippen LogP contribution in [0.25, 0.3) is 0 Å². The highest BCUT2D eigenvalue weighted by atomic mass is 32.1. The molecule has 238 valence electrons. The largest absolute Gasteiger partial charge is 0.445 e. The molecule has 2 N–H and O–H groups in total. The van der Waals surface area contributed by atoms with Gasteiger partial charge in [0.1, 0.15) is 24.0 Å². The molecule has 0 unspecified atom stereocenters. The van der Waals surface area contributed by atoms with Crippen LogP contribution >= 0.6 is 11.3 Å². The van der Waals surface area contributed by atoms with Gasteiger partial charge >= 0.3 is 18.8 Å². The lowest BCUT2D eigenvalue weighted by molar-refractivity contribution is -0.135. The molecule has 0 saturated carbocycles. The Kier molecular flexibility index (Phi) is 13.4. The maximum Gasteiger partial charge on any atom is 0.408 e. The second-order valence-corrected chi connectivity index (χ2v) is 12.0. The van der Waals surface area contributed by atoms with Crippen LogP contribution in [0.1, 0.15) is 56.0 Å². The normalized spacial score (nSPS) is 11.9. The molecule has 0 bridgehead atoms. The van der Waals surface area contributed by atoms with Gasteiger partial charge in [0.2, 0.25) is 5.91 Å². The topological polar surface area (TPSA) is 106 Å². The summed E-state index contributed by atoms with van der Waals surface area (Å²) >= 11 is 1.45. The van der Waals surface area contributed by atoms with Crippen molar-refractivity contribution in [3.05, 3.63) is 88.1 Å². The number of benzene rings is 2. The number of rotatable bonds is 15. The van der Waals surface area contributed by atoms with Crippen molar-refractivity contribution in [3.63, 3.8) is 0 Å². The SMILES string of the molecule is CC(C)(C)OC(=O)N[C@@H](CCCCNC(=O)OCc1ccccc1)C(=O)N(Cc1cccs1)Cc1ccccc1OC(F)F. The summed E-state index contributed by atoms with van der Waals surface area (Å²) in [6, 6.07) is 18.3. The molecule has 0 saturated heterocycles. The lowest BCUT2D eigenvalue weighted by Gasteiger charge is -2.29. The molecule has 1 atom stereocenters. The average molecular weight is 632 g/mol. The second kappa shape index (κ2) is 17.2. The molecule has 0 aliphatic heterocycles. The van der Waals surface area contributed by atoms with E-state index in [9.17, 15) is 23.2 Å². The number of amides is 3. The summed E-state index contributed by atoms with van der Waals surface area (Å²) in [5.74, 6) is -0.445. The van der Waals surface area contributed by atoms with Gasteiger partial charge in [0.25, 0.3) is 0 Å². The summed E-state index contributed by atoms with van der Waals surface area (Å²) in [5, 5.41) is 7.26. The zero-order valence-electron chi connectivity index (χ0n) is 25.1. The van der Waals surface area contributed by atoms with E-state index in [0.717, 1.165) is 10.4 Å². The zero-order chi connectivity index (χ0) is 32.0. The highest BCUT2D eigenvalue weighted by molar-refractivity contribution is 7.09. The van der Waals surface area contributed by atoms with E-state index in [2.05, 4.69) is 10.6 Å². The van der Waals surface area contributed by atoms with E-state index in [-0.39, 0.29) is 31.9 Å². The Balaban J connectivity index is 1.68. The smallest absolute Gasteiger partial charge is 0.408 e. The molecule has 0 aliphatic rings. The molecule has 3 aromatic rings. The van der Waals surface area contributed by atoms with Gasteiger partial charge in [-0.1, -0.05) is 54.6 Å². The van der Waals surface area contributed by atoms with Crippen molar-refractivity contribution in [3.8, 4) is 5.75 Å². The van der Waals surface area contributed by atoms with E-state index in [1.165, 1.54) is 22.3 Å². The Labute approximate surface area is 260 Å². The standard InChI is InChI=1S/C32H39F2N3O6S/c1-32(2,3)43-31(40)36-26(16-9-10-18-35-30(39)41-22-23-12-5-4-6-13-23)28(38)37(21-25-15-11-19-44-25)20-24-14-7-8-17-27(24)42-29(33)34/h4-8,11-15,17,19,26,29H,9-10,16,18,20-22H2,1-3H3,(H,35,39)(H,36,40)/t26-/m0/s1. The van der Waals surface area contributed by atoms with Crippen LogP contribution in [0.3, 0.4) is 0 Å². The van der Waals surface area contributed by atoms with Crippen molar-refractivity contribution in [2.45, 2.75) is 78.0 Å². The number of carbonyl (C=O) groups excluding carboxylic acids is 3. The molecule has 9 nitrogen and oxygen atoms in total. The van der Waals surface area contributed by atoms with Crippen LogP contribution in [0, 0.1) is 0 Å². The van der Waals surface area contributed by atoms with Gasteiger partial charge in [-0.2, -0.15) is 8.78 Å².